The number of imidazole rings is 1. The summed E-state index contributed by atoms with van der Waals surface area (Å²) in [5.41, 5.74) is 6.46. The first-order valence-electron chi connectivity index (χ1n) is 9.35. The van der Waals surface area contributed by atoms with Crippen LogP contribution >= 0.6 is 0 Å². The largest absolute Gasteiger partial charge is 0.300 e. The van der Waals surface area contributed by atoms with Crippen LogP contribution in [-0.2, 0) is 0 Å². The summed E-state index contributed by atoms with van der Waals surface area (Å²) in [7, 11) is 0. The minimum atomic E-state index is -0.194. The highest BCUT2D eigenvalue weighted by Crippen LogP contribution is 2.42. The van der Waals surface area contributed by atoms with Crippen molar-refractivity contribution in [2.45, 2.75) is 38.6 Å². The van der Waals surface area contributed by atoms with Crippen LogP contribution in [0.2, 0.25) is 0 Å². The van der Waals surface area contributed by atoms with Crippen molar-refractivity contribution in [2.75, 3.05) is 0 Å². The molecule has 5 heteroatoms. The molecule has 2 aliphatic rings. The Morgan fingerprint density at radius 2 is 2.00 bits per heavy atom. The minimum absolute atomic E-state index is 0.0387. The molecule has 1 saturated carbocycles. The average molecular weight is 356 g/mol. The molecule has 2 aromatic heterocycles. The van der Waals surface area contributed by atoms with Gasteiger partial charge in [-0.1, -0.05) is 12.1 Å². The molecule has 5 rings (SSSR count). The Hall–Kier alpha value is -3.08. The number of rotatable bonds is 3. The number of benzene rings is 1. The quantitative estimate of drug-likeness (QED) is 0.659. The molecule has 0 amide bonds. The maximum atomic E-state index is 12.1. The van der Waals surface area contributed by atoms with Crippen molar-refractivity contribution < 1.29 is 4.79 Å². The number of nitrogens with zero attached hydrogens (tertiary/aromatic N) is 4. The van der Waals surface area contributed by atoms with Gasteiger partial charge in [0.15, 0.2) is 5.78 Å². The van der Waals surface area contributed by atoms with Gasteiger partial charge in [0.25, 0.3) is 0 Å². The lowest BCUT2D eigenvalue weighted by molar-refractivity contribution is 0.101. The molecule has 0 unspecified atom stereocenters. The first kappa shape index (κ1) is 16.1. The van der Waals surface area contributed by atoms with Gasteiger partial charge in [0.1, 0.15) is 12.0 Å². The van der Waals surface area contributed by atoms with Gasteiger partial charge in [0.2, 0.25) is 0 Å². The van der Waals surface area contributed by atoms with Crippen molar-refractivity contribution in [1.29, 1.82) is 0 Å². The number of pyridine rings is 1. The number of ketones is 1. The van der Waals surface area contributed by atoms with Crippen molar-refractivity contribution in [1.82, 2.24) is 14.5 Å². The normalized spacial score (nSPS) is 18.3. The first-order chi connectivity index (χ1) is 13.1. The molecule has 3 heterocycles. The summed E-state index contributed by atoms with van der Waals surface area (Å²) in [6.45, 7) is 3.57. The summed E-state index contributed by atoms with van der Waals surface area (Å²) in [5.74, 6) is 0.610. The van der Waals surface area contributed by atoms with Gasteiger partial charge >= 0.3 is 0 Å². The van der Waals surface area contributed by atoms with E-state index in [1.807, 2.05) is 29.7 Å². The second kappa shape index (κ2) is 5.98. The van der Waals surface area contributed by atoms with Crippen LogP contribution in [0.25, 0.3) is 5.69 Å². The lowest BCUT2D eigenvalue weighted by Gasteiger charge is -2.13. The molecule has 27 heavy (non-hydrogen) atoms. The second-order valence-electron chi connectivity index (χ2n) is 7.32. The number of hydrogen-bond acceptors (Lipinski definition) is 4. The molecule has 1 aliphatic heterocycles. The molecule has 0 N–H and O–H groups in total. The number of Topliss-reactive ketones (excluding diaryl/α,β-unsaturated/α-hetero) is 1. The van der Waals surface area contributed by atoms with Crippen LogP contribution < -0.4 is 0 Å². The van der Waals surface area contributed by atoms with Crippen molar-refractivity contribution in [2.24, 2.45) is 4.99 Å². The maximum absolute atomic E-state index is 12.1. The highest BCUT2D eigenvalue weighted by Gasteiger charge is 2.30. The number of carbonyl (C=O) groups excluding carboxylic acids is 1. The van der Waals surface area contributed by atoms with Crippen molar-refractivity contribution in [3.05, 3.63) is 77.1 Å². The van der Waals surface area contributed by atoms with E-state index in [2.05, 4.69) is 28.2 Å². The van der Waals surface area contributed by atoms with Crippen LogP contribution in [-0.4, -0.2) is 26.0 Å². The summed E-state index contributed by atoms with van der Waals surface area (Å²) in [5, 5.41) is 0. The smallest absolute Gasteiger partial charge is 0.180 e. The average Bonchev–Trinajstić information content (AvgIpc) is 3.45. The van der Waals surface area contributed by atoms with Crippen molar-refractivity contribution in [3.8, 4) is 5.69 Å². The summed E-state index contributed by atoms with van der Waals surface area (Å²) < 4.78 is 2.02. The summed E-state index contributed by atoms with van der Waals surface area (Å²) >= 11 is 0. The molecule has 5 nitrogen and oxygen atoms in total. The van der Waals surface area contributed by atoms with Crippen LogP contribution in [0.5, 0.6) is 0 Å². The standard InChI is InChI=1S/C22H20N4O/c1-13-22-20(14(2)27)24-12-26(22)19-9-8-16(15-6-7-15)11-17(19)21(25-13)18-5-3-4-10-23-18/h3-5,8-13,15H,6-7H2,1-2H3/t13-/m1/s1. The summed E-state index contributed by atoms with van der Waals surface area (Å²) in [6.07, 6.45) is 6.03. The van der Waals surface area contributed by atoms with Crippen LogP contribution in [0.15, 0.2) is 53.9 Å². The fourth-order valence-electron chi connectivity index (χ4n) is 3.88. The topological polar surface area (TPSA) is 60.1 Å². The van der Waals surface area contributed by atoms with Crippen LogP contribution in [0, 0.1) is 0 Å². The molecule has 0 saturated heterocycles. The fraction of sp³-hybridized carbons (Fsp3) is 0.273. The predicted octanol–water partition coefficient (Wildman–Crippen LogP) is 4.26. The van der Waals surface area contributed by atoms with E-state index in [1.54, 1.807) is 19.4 Å². The Bertz CT molecular complexity index is 1080. The molecule has 3 aromatic rings. The second-order valence-corrected chi connectivity index (χ2v) is 7.32. The van der Waals surface area contributed by atoms with Crippen molar-refractivity contribution >= 4 is 11.5 Å². The summed E-state index contributed by atoms with van der Waals surface area (Å²) in [6, 6.07) is 12.3. The third-order valence-corrected chi connectivity index (χ3v) is 5.35. The number of aliphatic imine (C=N–C) groups is 1. The Morgan fingerprint density at radius 3 is 2.70 bits per heavy atom. The SMILES string of the molecule is CC(=O)c1ncn2c1[C@@H](C)N=C(c1ccccn1)c1cc(C3CC3)ccc1-2. The lowest BCUT2D eigenvalue weighted by atomic mass is 9.99. The first-order valence-corrected chi connectivity index (χ1v) is 9.35. The van der Waals surface area contributed by atoms with E-state index in [9.17, 15) is 4.79 Å². The van der Waals surface area contributed by atoms with Crippen molar-refractivity contribution in [3.63, 3.8) is 0 Å². The van der Waals surface area contributed by atoms with Crippen LogP contribution in [0.1, 0.15) is 71.7 Å². The van der Waals surface area contributed by atoms with E-state index in [4.69, 9.17) is 4.99 Å². The van der Waals surface area contributed by atoms with E-state index >= 15 is 0 Å². The zero-order valence-corrected chi connectivity index (χ0v) is 15.4. The maximum Gasteiger partial charge on any atom is 0.180 e. The van der Waals surface area contributed by atoms with Gasteiger partial charge in [-0.15, -0.1) is 0 Å². The zero-order valence-electron chi connectivity index (χ0n) is 15.4. The Morgan fingerprint density at radius 1 is 1.15 bits per heavy atom. The molecule has 1 aliphatic carbocycles. The highest BCUT2D eigenvalue weighted by molar-refractivity contribution is 6.14. The third-order valence-electron chi connectivity index (χ3n) is 5.35. The molecule has 0 spiro atoms. The zero-order chi connectivity index (χ0) is 18.5. The molecular formula is C22H20N4O. The third kappa shape index (κ3) is 2.62. The Kier molecular flexibility index (Phi) is 3.57. The number of fused-ring (bicyclic) bond motifs is 3. The highest BCUT2D eigenvalue weighted by atomic mass is 16.1. The molecular weight excluding hydrogens is 336 g/mol. The van der Waals surface area contributed by atoms with Gasteiger partial charge in [-0.25, -0.2) is 4.98 Å². The van der Waals surface area contributed by atoms with E-state index in [-0.39, 0.29) is 11.8 Å². The van der Waals surface area contributed by atoms with Gasteiger partial charge in [-0.2, -0.15) is 0 Å². The Labute approximate surface area is 157 Å². The van der Waals surface area contributed by atoms with Gasteiger partial charge in [-0.3, -0.25) is 19.3 Å². The van der Waals surface area contributed by atoms with Crippen LogP contribution in [0.3, 0.4) is 0 Å². The summed E-state index contributed by atoms with van der Waals surface area (Å²) in [4.78, 5) is 26.1. The molecule has 134 valence electrons. The minimum Gasteiger partial charge on any atom is -0.300 e. The monoisotopic (exact) mass is 356 g/mol. The van der Waals surface area contributed by atoms with E-state index in [0.717, 1.165) is 28.4 Å². The molecule has 1 fully saturated rings. The van der Waals surface area contributed by atoms with Gasteiger partial charge in [0, 0.05) is 18.7 Å². The lowest BCUT2D eigenvalue weighted by Crippen LogP contribution is -2.09. The van der Waals surface area contributed by atoms with Gasteiger partial charge < -0.3 is 0 Å². The molecule has 0 radical (unpaired) electrons. The molecule has 1 aromatic carbocycles. The fourth-order valence-corrected chi connectivity index (χ4v) is 3.88. The predicted molar refractivity (Wildman–Crippen MR) is 104 cm³/mol. The van der Waals surface area contributed by atoms with E-state index in [1.165, 1.54) is 18.4 Å². The number of hydrogen-bond donors (Lipinski definition) is 0. The van der Waals surface area contributed by atoms with E-state index < -0.39 is 0 Å². The van der Waals surface area contributed by atoms with Crippen LogP contribution in [0.4, 0.5) is 0 Å². The van der Waals surface area contributed by atoms with Gasteiger partial charge in [0.05, 0.1) is 28.8 Å². The van der Waals surface area contributed by atoms with E-state index in [0.29, 0.717) is 11.6 Å². The van der Waals surface area contributed by atoms with Gasteiger partial charge in [-0.05, 0) is 55.5 Å². The number of aromatic nitrogens is 3. The molecule has 0 bridgehead atoms. The Balaban J connectivity index is 1.80. The number of carbonyl (C=O) groups is 1. The molecule has 1 atom stereocenters.